The summed E-state index contributed by atoms with van der Waals surface area (Å²) in [6, 6.07) is 20.2. The van der Waals surface area contributed by atoms with E-state index in [0.717, 1.165) is 6.42 Å². The van der Waals surface area contributed by atoms with Crippen molar-refractivity contribution in [3.05, 3.63) is 76.9 Å². The number of unbranched alkanes of at least 4 members (excludes halogenated alkanes) is 3. The van der Waals surface area contributed by atoms with Crippen molar-refractivity contribution >= 4 is 33.9 Å². The van der Waals surface area contributed by atoms with Crippen LogP contribution in [0.2, 0.25) is 0 Å². The van der Waals surface area contributed by atoms with E-state index in [9.17, 15) is 0 Å². The molecule has 0 bridgehead atoms. The zero-order valence-corrected chi connectivity index (χ0v) is 22.7. The van der Waals surface area contributed by atoms with Crippen LogP contribution in [0.4, 0.5) is 0 Å². The van der Waals surface area contributed by atoms with E-state index >= 15 is 0 Å². The van der Waals surface area contributed by atoms with Gasteiger partial charge in [0.2, 0.25) is 0 Å². The Bertz CT molecular complexity index is 1090. The van der Waals surface area contributed by atoms with Gasteiger partial charge in [0, 0.05) is 0 Å². The molecule has 1 atom stereocenters. The zero-order chi connectivity index (χ0) is 22.0. The fourth-order valence-corrected chi connectivity index (χ4v) is 10.3. The molecule has 0 nitrogen and oxygen atoms in total. The number of rotatable bonds is 8. The molecule has 0 amide bonds. The van der Waals surface area contributed by atoms with Crippen LogP contribution < -0.4 is 0 Å². The van der Waals surface area contributed by atoms with E-state index in [4.69, 9.17) is 17.0 Å². The second-order valence-electron chi connectivity index (χ2n) is 9.01. The van der Waals surface area contributed by atoms with Gasteiger partial charge in [-0.2, -0.15) is 0 Å². The van der Waals surface area contributed by atoms with Crippen LogP contribution in [-0.2, 0) is 19.4 Å². The van der Waals surface area contributed by atoms with Gasteiger partial charge in [0.05, 0.1) is 0 Å². The second kappa shape index (κ2) is 10.4. The van der Waals surface area contributed by atoms with Crippen LogP contribution in [0.3, 0.4) is 0 Å². The quantitative estimate of drug-likeness (QED) is 0.255. The third-order valence-electron chi connectivity index (χ3n) is 6.53. The van der Waals surface area contributed by atoms with Crippen molar-refractivity contribution in [2.75, 3.05) is 0 Å². The molecule has 3 heteroatoms. The predicted molar refractivity (Wildman–Crippen MR) is 135 cm³/mol. The summed E-state index contributed by atoms with van der Waals surface area (Å²) in [6.07, 6.45) is 8.64. The van der Waals surface area contributed by atoms with Gasteiger partial charge in [-0.3, -0.25) is 0 Å². The molecule has 0 saturated heterocycles. The number of hydrogen-bond donors (Lipinski definition) is 0. The van der Waals surface area contributed by atoms with Crippen LogP contribution in [0.25, 0.3) is 28.0 Å². The van der Waals surface area contributed by atoms with E-state index in [1.165, 1.54) is 69.8 Å². The Balaban J connectivity index is 1.87. The van der Waals surface area contributed by atoms with Gasteiger partial charge in [-0.15, -0.1) is 0 Å². The molecule has 3 aromatic rings. The van der Waals surface area contributed by atoms with E-state index in [-0.39, 0.29) is 3.63 Å². The third-order valence-corrected chi connectivity index (χ3v) is 11.9. The van der Waals surface area contributed by atoms with Crippen LogP contribution in [0.15, 0.2) is 60.2 Å². The van der Waals surface area contributed by atoms with Crippen LogP contribution >= 0.6 is 17.0 Å². The van der Waals surface area contributed by atoms with Gasteiger partial charge in [0.1, 0.15) is 0 Å². The molecule has 161 valence electrons. The average Bonchev–Trinajstić information content (AvgIpc) is 3.14. The molecule has 3 aromatic carbocycles. The molecular formula is C28H31Cl2Zr. The summed E-state index contributed by atoms with van der Waals surface area (Å²) < 4.78 is 0.287. The van der Waals surface area contributed by atoms with Crippen molar-refractivity contribution in [3.8, 4) is 11.1 Å². The molecule has 0 aliphatic heterocycles. The van der Waals surface area contributed by atoms with Gasteiger partial charge in [0.15, 0.2) is 0 Å². The zero-order valence-electron chi connectivity index (χ0n) is 18.7. The molecule has 31 heavy (non-hydrogen) atoms. The standard InChI is InChI=1S/C28H31.2ClH.Zr/c1-4-5-6-7-11-21-16-24-18-23(20(2)3)19-28(27(24)17-21)26-15-10-13-22-12-8-9-14-25(22)26;;;/h8-10,12-20H,4-7,11H2,1-3H3;2*1H;/q;;;+2/p-2. The Morgan fingerprint density at radius 3 is 2.42 bits per heavy atom. The fraction of sp³-hybridized carbons (Fsp3) is 0.357. The number of halogens is 2. The summed E-state index contributed by atoms with van der Waals surface area (Å²) in [6.45, 7) is 6.82. The maximum absolute atomic E-state index is 6.79. The molecule has 1 aliphatic carbocycles. The Morgan fingerprint density at radius 2 is 1.68 bits per heavy atom. The summed E-state index contributed by atoms with van der Waals surface area (Å²) >= 11 is -2.54. The summed E-state index contributed by atoms with van der Waals surface area (Å²) in [5.41, 5.74) is 8.26. The Morgan fingerprint density at radius 1 is 0.903 bits per heavy atom. The van der Waals surface area contributed by atoms with Crippen LogP contribution in [0.1, 0.15) is 79.1 Å². The van der Waals surface area contributed by atoms with Crippen molar-refractivity contribution in [2.24, 2.45) is 0 Å². The van der Waals surface area contributed by atoms with Crippen LogP contribution in [0, 0.1) is 0 Å². The van der Waals surface area contributed by atoms with Gasteiger partial charge in [-0.25, -0.2) is 0 Å². The first kappa shape index (κ1) is 23.3. The minimum absolute atomic E-state index is 0.287. The molecular weight excluding hydrogens is 498 g/mol. The molecule has 1 aliphatic rings. The first-order valence-electron chi connectivity index (χ1n) is 11.6. The number of allylic oxidation sites excluding steroid dienone is 1. The van der Waals surface area contributed by atoms with Gasteiger partial charge >= 0.3 is 204 Å². The van der Waals surface area contributed by atoms with E-state index in [1.54, 1.807) is 0 Å². The molecule has 0 heterocycles. The normalized spacial score (nSPS) is 15.4. The molecule has 0 aromatic heterocycles. The summed E-state index contributed by atoms with van der Waals surface area (Å²) in [7, 11) is 13.6. The van der Waals surface area contributed by atoms with Crippen molar-refractivity contribution < 1.29 is 19.4 Å². The molecule has 0 spiro atoms. The second-order valence-corrected chi connectivity index (χ2v) is 17.8. The van der Waals surface area contributed by atoms with Gasteiger partial charge in [-0.05, 0) is 0 Å². The first-order valence-corrected chi connectivity index (χ1v) is 19.3. The predicted octanol–water partition coefficient (Wildman–Crippen LogP) is 9.96. The van der Waals surface area contributed by atoms with E-state index < -0.39 is 19.4 Å². The van der Waals surface area contributed by atoms with E-state index in [2.05, 4.69) is 81.4 Å². The van der Waals surface area contributed by atoms with Gasteiger partial charge < -0.3 is 0 Å². The van der Waals surface area contributed by atoms with Crippen LogP contribution in [0.5, 0.6) is 0 Å². The van der Waals surface area contributed by atoms with E-state index in [0.29, 0.717) is 5.92 Å². The van der Waals surface area contributed by atoms with Gasteiger partial charge in [0.25, 0.3) is 0 Å². The molecule has 0 radical (unpaired) electrons. The summed E-state index contributed by atoms with van der Waals surface area (Å²) in [5.74, 6) is 0.464. The summed E-state index contributed by atoms with van der Waals surface area (Å²) in [5, 5.41) is 2.60. The molecule has 0 fully saturated rings. The van der Waals surface area contributed by atoms with Crippen molar-refractivity contribution in [1.82, 2.24) is 0 Å². The molecule has 4 rings (SSSR count). The Labute approximate surface area is 202 Å². The number of benzene rings is 3. The average molecular weight is 530 g/mol. The summed E-state index contributed by atoms with van der Waals surface area (Å²) in [4.78, 5) is 0. The van der Waals surface area contributed by atoms with Crippen molar-refractivity contribution in [2.45, 2.75) is 62.4 Å². The van der Waals surface area contributed by atoms with E-state index in [1.807, 2.05) is 0 Å². The Hall–Kier alpha value is -0.877. The van der Waals surface area contributed by atoms with Crippen molar-refractivity contribution in [3.63, 3.8) is 0 Å². The SMILES string of the molecule is CCCCCCC1=Cc2c(-c3cccc4ccccc34)cc(C(C)C)cc2[CH]1[Zr]([Cl])[Cl]. The topological polar surface area (TPSA) is 0 Å². The maximum atomic E-state index is 6.79. The van der Waals surface area contributed by atoms with Crippen LogP contribution in [-0.4, -0.2) is 0 Å². The number of hydrogen-bond acceptors (Lipinski definition) is 0. The molecule has 1 unspecified atom stereocenters. The number of fused-ring (bicyclic) bond motifs is 2. The molecule has 0 saturated carbocycles. The fourth-order valence-electron chi connectivity index (χ4n) is 4.81. The third kappa shape index (κ3) is 4.90. The minimum atomic E-state index is -2.54. The van der Waals surface area contributed by atoms with Crippen molar-refractivity contribution in [1.29, 1.82) is 0 Å². The Kier molecular flexibility index (Phi) is 7.79. The van der Waals surface area contributed by atoms with Gasteiger partial charge in [-0.1, -0.05) is 0 Å². The monoisotopic (exact) mass is 527 g/mol. The molecule has 0 N–H and O–H groups in total. The first-order chi connectivity index (χ1) is 15.0.